The SMILES string of the molecule is [CH2]C(C)CCCCCCCCCCCCCCCCCCCCCCCCCCCCCCCCCCCCCCCCCCCCCCCC. The van der Waals surface area contributed by atoms with E-state index in [1.807, 2.05) is 0 Å². The van der Waals surface area contributed by atoms with Gasteiger partial charge in [-0.15, -0.1) is 0 Å². The molecule has 0 rings (SSSR count). The monoisotopic (exact) mass is 716 g/mol. The van der Waals surface area contributed by atoms with Crippen molar-refractivity contribution in [2.45, 2.75) is 316 Å². The van der Waals surface area contributed by atoms with E-state index in [0.29, 0.717) is 5.92 Å². The first-order valence-corrected chi connectivity index (χ1v) is 25.1. The van der Waals surface area contributed by atoms with Crippen LogP contribution in [0.2, 0.25) is 0 Å². The zero-order valence-electron chi connectivity index (χ0n) is 36.5. The minimum atomic E-state index is 0.646. The van der Waals surface area contributed by atoms with Gasteiger partial charge in [-0.2, -0.15) is 0 Å². The van der Waals surface area contributed by atoms with Crippen LogP contribution >= 0.6 is 0 Å². The van der Waals surface area contributed by atoms with Gasteiger partial charge in [0.25, 0.3) is 0 Å². The number of hydrogen-bond acceptors (Lipinski definition) is 0. The summed E-state index contributed by atoms with van der Waals surface area (Å²) < 4.78 is 0. The smallest absolute Gasteiger partial charge is 0.0443 e. The minimum absolute atomic E-state index is 0.646. The number of hydrogen-bond donors (Lipinski definition) is 0. The maximum absolute atomic E-state index is 4.09. The molecule has 0 aromatic carbocycles. The van der Waals surface area contributed by atoms with Crippen LogP contribution in [0.3, 0.4) is 0 Å². The number of unbranched alkanes of at least 4 members (excludes halogenated alkanes) is 45. The Labute approximate surface area is 327 Å². The highest BCUT2D eigenvalue weighted by molar-refractivity contribution is 4.56. The summed E-state index contributed by atoms with van der Waals surface area (Å²) >= 11 is 0. The fourth-order valence-electron chi connectivity index (χ4n) is 8.34. The molecule has 1 unspecified atom stereocenters. The fraction of sp³-hybridized carbons (Fsp3) is 0.980. The summed E-state index contributed by atoms with van der Waals surface area (Å²) in [6.07, 6.45) is 69.5. The van der Waals surface area contributed by atoms with E-state index < -0.39 is 0 Å². The summed E-state index contributed by atoms with van der Waals surface area (Å²) in [7, 11) is 0. The molecule has 0 heterocycles. The van der Waals surface area contributed by atoms with Crippen molar-refractivity contribution >= 4 is 0 Å². The van der Waals surface area contributed by atoms with Crippen molar-refractivity contribution in [3.8, 4) is 0 Å². The van der Waals surface area contributed by atoms with Crippen molar-refractivity contribution < 1.29 is 0 Å². The molecule has 0 aliphatic carbocycles. The molecule has 0 aromatic heterocycles. The third-order valence-electron chi connectivity index (χ3n) is 12.1. The van der Waals surface area contributed by atoms with Crippen LogP contribution in [-0.4, -0.2) is 0 Å². The van der Waals surface area contributed by atoms with E-state index in [9.17, 15) is 0 Å². The summed E-state index contributed by atoms with van der Waals surface area (Å²) in [5.74, 6) is 0.646. The minimum Gasteiger partial charge on any atom is -0.0654 e. The molecule has 1 atom stereocenters. The molecule has 0 saturated carbocycles. The topological polar surface area (TPSA) is 0 Å². The molecule has 1 radical (unpaired) electrons. The van der Waals surface area contributed by atoms with Gasteiger partial charge in [0.05, 0.1) is 0 Å². The van der Waals surface area contributed by atoms with Crippen LogP contribution in [0.5, 0.6) is 0 Å². The number of rotatable bonds is 47. The van der Waals surface area contributed by atoms with Crippen molar-refractivity contribution in [3.63, 3.8) is 0 Å². The highest BCUT2D eigenvalue weighted by Crippen LogP contribution is 2.18. The summed E-state index contributed by atoms with van der Waals surface area (Å²) in [5, 5.41) is 0. The van der Waals surface area contributed by atoms with Gasteiger partial charge >= 0.3 is 0 Å². The van der Waals surface area contributed by atoms with Gasteiger partial charge in [0.1, 0.15) is 0 Å². The molecule has 0 N–H and O–H groups in total. The first-order chi connectivity index (χ1) is 25.3. The van der Waals surface area contributed by atoms with Crippen molar-refractivity contribution in [2.75, 3.05) is 0 Å². The maximum Gasteiger partial charge on any atom is -0.0443 e. The predicted octanol–water partition coefficient (Wildman–Crippen LogP) is 19.8. The first-order valence-electron chi connectivity index (χ1n) is 25.1. The zero-order chi connectivity index (χ0) is 36.8. The van der Waals surface area contributed by atoms with E-state index in [2.05, 4.69) is 20.8 Å². The van der Waals surface area contributed by atoms with Gasteiger partial charge in [-0.05, 0) is 5.92 Å². The van der Waals surface area contributed by atoms with E-state index in [0.717, 1.165) is 0 Å². The third kappa shape index (κ3) is 50.0. The van der Waals surface area contributed by atoms with Crippen LogP contribution in [-0.2, 0) is 0 Å². The average molecular weight is 716 g/mol. The van der Waals surface area contributed by atoms with Gasteiger partial charge in [0.15, 0.2) is 0 Å². The van der Waals surface area contributed by atoms with Crippen LogP contribution in [0.15, 0.2) is 0 Å². The van der Waals surface area contributed by atoms with Gasteiger partial charge in [-0.25, -0.2) is 0 Å². The van der Waals surface area contributed by atoms with Crippen LogP contribution in [0, 0.1) is 12.8 Å². The first kappa shape index (κ1) is 51.0. The summed E-state index contributed by atoms with van der Waals surface area (Å²) in [4.78, 5) is 0. The highest BCUT2D eigenvalue weighted by atomic mass is 14.1. The lowest BCUT2D eigenvalue weighted by atomic mass is 10.0. The van der Waals surface area contributed by atoms with Gasteiger partial charge in [0, 0.05) is 0 Å². The Kier molecular flexibility index (Phi) is 48.0. The molecule has 0 aliphatic heterocycles. The molecule has 0 bridgehead atoms. The van der Waals surface area contributed by atoms with E-state index in [-0.39, 0.29) is 0 Å². The van der Waals surface area contributed by atoms with Crippen molar-refractivity contribution in [2.24, 2.45) is 5.92 Å². The Bertz CT molecular complexity index is 562. The van der Waals surface area contributed by atoms with E-state index >= 15 is 0 Å². The predicted molar refractivity (Wildman–Crippen MR) is 237 cm³/mol. The second kappa shape index (κ2) is 48.0. The lowest BCUT2D eigenvalue weighted by molar-refractivity contribution is 0.507. The second-order valence-electron chi connectivity index (χ2n) is 17.8. The Morgan fingerprint density at radius 3 is 0.451 bits per heavy atom. The molecule has 0 aliphatic rings. The molecule has 0 nitrogen and oxygen atoms in total. The quantitative estimate of drug-likeness (QED) is 0.0550. The standard InChI is InChI=1S/C51H103/c1-4-5-6-7-8-9-10-11-12-13-14-15-16-17-18-19-20-21-22-23-24-25-26-27-28-29-30-31-32-33-34-35-36-37-38-39-40-41-42-43-44-45-46-47-48-49-50-51(2)3/h51H,2,4-50H2,1,3H3. The fourth-order valence-corrected chi connectivity index (χ4v) is 8.34. The highest BCUT2D eigenvalue weighted by Gasteiger charge is 1.99. The van der Waals surface area contributed by atoms with Gasteiger partial charge in [0.2, 0.25) is 0 Å². The Balaban J connectivity index is 3.05. The molecule has 51 heavy (non-hydrogen) atoms. The van der Waals surface area contributed by atoms with E-state index in [4.69, 9.17) is 0 Å². The van der Waals surface area contributed by atoms with Crippen LogP contribution in [0.1, 0.15) is 316 Å². The van der Waals surface area contributed by atoms with Gasteiger partial charge < -0.3 is 0 Å². The lowest BCUT2D eigenvalue weighted by Gasteiger charge is -2.05. The molecule has 0 spiro atoms. The Morgan fingerprint density at radius 2 is 0.333 bits per heavy atom. The molecule has 0 saturated heterocycles. The summed E-state index contributed by atoms with van der Waals surface area (Å²) in [5.41, 5.74) is 0. The van der Waals surface area contributed by atoms with E-state index in [1.165, 1.54) is 302 Å². The van der Waals surface area contributed by atoms with E-state index in [1.54, 1.807) is 0 Å². The summed E-state index contributed by atoms with van der Waals surface area (Å²) in [6.45, 7) is 8.65. The summed E-state index contributed by atoms with van der Waals surface area (Å²) in [6, 6.07) is 0. The molecular formula is C51H103. The molecule has 0 fully saturated rings. The van der Waals surface area contributed by atoms with Gasteiger partial charge in [-0.3, -0.25) is 0 Å². The molecule has 0 amide bonds. The van der Waals surface area contributed by atoms with Crippen LogP contribution < -0.4 is 0 Å². The largest absolute Gasteiger partial charge is 0.0654 e. The Hall–Kier alpha value is 0. The van der Waals surface area contributed by atoms with Crippen LogP contribution in [0.4, 0.5) is 0 Å². The third-order valence-corrected chi connectivity index (χ3v) is 12.1. The molecule has 307 valence electrons. The van der Waals surface area contributed by atoms with Crippen molar-refractivity contribution in [3.05, 3.63) is 6.92 Å². The van der Waals surface area contributed by atoms with Crippen molar-refractivity contribution in [1.29, 1.82) is 0 Å². The molecule has 0 heteroatoms. The normalized spacial score (nSPS) is 11.8. The molecular weight excluding hydrogens is 613 g/mol. The average Bonchev–Trinajstić information content (AvgIpc) is 3.13. The lowest BCUT2D eigenvalue weighted by Crippen LogP contribution is -1.87. The van der Waals surface area contributed by atoms with Crippen LogP contribution in [0.25, 0.3) is 0 Å². The maximum atomic E-state index is 4.09. The zero-order valence-corrected chi connectivity index (χ0v) is 36.5. The Morgan fingerprint density at radius 1 is 0.216 bits per heavy atom. The van der Waals surface area contributed by atoms with Crippen molar-refractivity contribution in [1.82, 2.24) is 0 Å². The molecule has 0 aromatic rings. The van der Waals surface area contributed by atoms with Gasteiger partial charge in [-0.1, -0.05) is 323 Å². The second-order valence-corrected chi connectivity index (χ2v) is 17.8.